The highest BCUT2D eigenvalue weighted by molar-refractivity contribution is 6.04. The molecule has 0 aromatic heterocycles. The highest BCUT2D eigenvalue weighted by Gasteiger charge is 2.57. The lowest BCUT2D eigenvalue weighted by molar-refractivity contribution is -0.127. The maximum Gasteiger partial charge on any atom is 0.160 e. The van der Waals surface area contributed by atoms with Gasteiger partial charge in [-0.15, -0.1) is 0 Å². The summed E-state index contributed by atoms with van der Waals surface area (Å²) in [5, 5.41) is 0. The van der Waals surface area contributed by atoms with Crippen molar-refractivity contribution in [3.63, 3.8) is 0 Å². The molecule has 0 heterocycles. The SMILES string of the molecule is C[C@]12C=CC(=O)[C@H]1[C@H]1C(=O)C=C[C@H]1C2. The van der Waals surface area contributed by atoms with Gasteiger partial charge < -0.3 is 0 Å². The van der Waals surface area contributed by atoms with Gasteiger partial charge in [-0.05, 0) is 29.9 Å². The Morgan fingerprint density at radius 2 is 2.07 bits per heavy atom. The molecule has 0 aromatic carbocycles. The van der Waals surface area contributed by atoms with Crippen LogP contribution in [0.2, 0.25) is 0 Å². The highest BCUT2D eigenvalue weighted by atomic mass is 16.1. The largest absolute Gasteiger partial charge is 0.295 e. The van der Waals surface area contributed by atoms with Crippen LogP contribution in [-0.2, 0) is 9.59 Å². The predicted octanol–water partition coefficient (Wildman–Crippen LogP) is 1.52. The number of hydrogen-bond donors (Lipinski definition) is 0. The van der Waals surface area contributed by atoms with Crippen molar-refractivity contribution in [1.82, 2.24) is 0 Å². The van der Waals surface area contributed by atoms with Crippen molar-refractivity contribution in [2.45, 2.75) is 13.3 Å². The van der Waals surface area contributed by atoms with E-state index in [9.17, 15) is 9.59 Å². The number of allylic oxidation sites excluding steroid dienone is 4. The van der Waals surface area contributed by atoms with E-state index < -0.39 is 0 Å². The lowest BCUT2D eigenvalue weighted by Gasteiger charge is -2.23. The third-order valence-corrected chi connectivity index (χ3v) is 3.98. The Labute approximate surface area is 82.7 Å². The fourth-order valence-corrected chi connectivity index (χ4v) is 3.36. The van der Waals surface area contributed by atoms with Gasteiger partial charge in [0.15, 0.2) is 11.6 Å². The highest BCUT2D eigenvalue weighted by Crippen LogP contribution is 2.56. The van der Waals surface area contributed by atoms with Crippen molar-refractivity contribution in [3.8, 4) is 0 Å². The van der Waals surface area contributed by atoms with E-state index in [1.807, 2.05) is 12.2 Å². The fourth-order valence-electron chi connectivity index (χ4n) is 3.36. The molecule has 0 radical (unpaired) electrons. The minimum absolute atomic E-state index is 0.0488. The molecule has 0 spiro atoms. The summed E-state index contributed by atoms with van der Waals surface area (Å²) in [6.45, 7) is 2.10. The first kappa shape index (κ1) is 8.16. The third kappa shape index (κ3) is 0.770. The maximum atomic E-state index is 11.7. The van der Waals surface area contributed by atoms with Crippen LogP contribution < -0.4 is 0 Å². The van der Waals surface area contributed by atoms with Crippen molar-refractivity contribution < 1.29 is 9.59 Å². The van der Waals surface area contributed by atoms with Gasteiger partial charge in [-0.3, -0.25) is 9.59 Å². The van der Waals surface area contributed by atoms with E-state index in [0.29, 0.717) is 5.92 Å². The van der Waals surface area contributed by atoms with Gasteiger partial charge in [-0.2, -0.15) is 0 Å². The van der Waals surface area contributed by atoms with Crippen LogP contribution in [0.5, 0.6) is 0 Å². The molecule has 1 fully saturated rings. The zero-order chi connectivity index (χ0) is 9.92. The summed E-state index contributed by atoms with van der Waals surface area (Å²) in [6.07, 6.45) is 8.25. The number of carbonyl (C=O) groups excluding carboxylic acids is 2. The van der Waals surface area contributed by atoms with Crippen LogP contribution in [0.4, 0.5) is 0 Å². The minimum Gasteiger partial charge on any atom is -0.295 e. The van der Waals surface area contributed by atoms with E-state index >= 15 is 0 Å². The molecule has 0 N–H and O–H groups in total. The van der Waals surface area contributed by atoms with E-state index in [0.717, 1.165) is 6.42 Å². The molecule has 0 saturated heterocycles. The maximum absolute atomic E-state index is 11.7. The first-order valence-electron chi connectivity index (χ1n) is 5.07. The van der Waals surface area contributed by atoms with Crippen LogP contribution in [0.1, 0.15) is 13.3 Å². The van der Waals surface area contributed by atoms with Crippen molar-refractivity contribution >= 4 is 11.6 Å². The Kier molecular flexibility index (Phi) is 1.31. The molecular formula is C12H12O2. The van der Waals surface area contributed by atoms with Crippen molar-refractivity contribution in [2.75, 3.05) is 0 Å². The number of rotatable bonds is 0. The molecule has 3 aliphatic rings. The standard InChI is InChI=1S/C12H12O2/c1-12-5-4-9(14)11(12)10-7(6-12)2-3-8(10)13/h2-5,7,10-11H,6H2,1H3/t7-,10+,11-,12+/m0/s1. The van der Waals surface area contributed by atoms with Crippen molar-refractivity contribution in [2.24, 2.45) is 23.2 Å². The Hall–Kier alpha value is -1.18. The third-order valence-electron chi connectivity index (χ3n) is 3.98. The lowest BCUT2D eigenvalue weighted by Crippen LogP contribution is -2.28. The van der Waals surface area contributed by atoms with Gasteiger partial charge in [0.05, 0.1) is 0 Å². The molecule has 0 unspecified atom stereocenters. The Bertz CT molecular complexity index is 391. The molecule has 0 aromatic rings. The van der Waals surface area contributed by atoms with Gasteiger partial charge in [-0.25, -0.2) is 0 Å². The second-order valence-electron chi connectivity index (χ2n) is 4.87. The minimum atomic E-state index is -0.0741. The molecule has 0 amide bonds. The molecule has 2 heteroatoms. The summed E-state index contributed by atoms with van der Waals surface area (Å²) in [5.74, 6) is 0.488. The van der Waals surface area contributed by atoms with Gasteiger partial charge in [0.2, 0.25) is 0 Å². The normalized spacial score (nSPS) is 48.8. The molecule has 1 saturated carbocycles. The molecule has 0 aliphatic heterocycles. The molecule has 2 nitrogen and oxygen atoms in total. The Morgan fingerprint density at radius 1 is 1.29 bits per heavy atom. The number of fused-ring (bicyclic) bond motifs is 3. The van der Waals surface area contributed by atoms with Gasteiger partial charge >= 0.3 is 0 Å². The smallest absolute Gasteiger partial charge is 0.160 e. The molecule has 3 rings (SSSR count). The zero-order valence-electron chi connectivity index (χ0n) is 8.07. The van der Waals surface area contributed by atoms with Crippen LogP contribution >= 0.6 is 0 Å². The molecule has 14 heavy (non-hydrogen) atoms. The average Bonchev–Trinajstić information content (AvgIpc) is 2.67. The molecule has 3 aliphatic carbocycles. The topological polar surface area (TPSA) is 34.1 Å². The first-order valence-corrected chi connectivity index (χ1v) is 5.07. The van der Waals surface area contributed by atoms with E-state index in [1.165, 1.54) is 0 Å². The molecular weight excluding hydrogens is 176 g/mol. The second-order valence-corrected chi connectivity index (χ2v) is 4.87. The summed E-state index contributed by atoms with van der Waals surface area (Å²) in [4.78, 5) is 23.3. The van der Waals surface area contributed by atoms with Crippen LogP contribution in [0, 0.1) is 23.2 Å². The van der Waals surface area contributed by atoms with E-state index in [2.05, 4.69) is 6.92 Å². The molecule has 0 bridgehead atoms. The molecule has 4 atom stereocenters. The van der Waals surface area contributed by atoms with E-state index in [-0.39, 0.29) is 28.8 Å². The van der Waals surface area contributed by atoms with Gasteiger partial charge in [0.1, 0.15) is 0 Å². The van der Waals surface area contributed by atoms with Gasteiger partial charge in [0.25, 0.3) is 0 Å². The number of hydrogen-bond acceptors (Lipinski definition) is 2. The van der Waals surface area contributed by atoms with Crippen molar-refractivity contribution in [3.05, 3.63) is 24.3 Å². The summed E-state index contributed by atoms with van der Waals surface area (Å²) in [5.41, 5.74) is -0.0488. The lowest BCUT2D eigenvalue weighted by atomic mass is 9.78. The van der Waals surface area contributed by atoms with Gasteiger partial charge in [-0.1, -0.05) is 19.1 Å². The quantitative estimate of drug-likeness (QED) is 0.577. The summed E-state index contributed by atoms with van der Waals surface area (Å²) >= 11 is 0. The molecule has 72 valence electrons. The summed E-state index contributed by atoms with van der Waals surface area (Å²) in [6, 6.07) is 0. The zero-order valence-corrected chi connectivity index (χ0v) is 8.07. The van der Waals surface area contributed by atoms with Gasteiger partial charge in [0, 0.05) is 11.8 Å². The average molecular weight is 188 g/mol. The van der Waals surface area contributed by atoms with Crippen LogP contribution in [0.25, 0.3) is 0 Å². The number of ketones is 2. The van der Waals surface area contributed by atoms with Crippen LogP contribution in [0.3, 0.4) is 0 Å². The predicted molar refractivity (Wildman–Crippen MR) is 51.5 cm³/mol. The number of carbonyl (C=O) groups is 2. The monoisotopic (exact) mass is 188 g/mol. The van der Waals surface area contributed by atoms with Crippen molar-refractivity contribution in [1.29, 1.82) is 0 Å². The second kappa shape index (κ2) is 2.25. The van der Waals surface area contributed by atoms with E-state index in [1.54, 1.807) is 12.2 Å². The fraction of sp³-hybridized carbons (Fsp3) is 0.500. The summed E-state index contributed by atoms with van der Waals surface area (Å²) < 4.78 is 0. The van der Waals surface area contributed by atoms with Crippen LogP contribution in [0.15, 0.2) is 24.3 Å². The summed E-state index contributed by atoms with van der Waals surface area (Å²) in [7, 11) is 0. The van der Waals surface area contributed by atoms with Crippen LogP contribution in [-0.4, -0.2) is 11.6 Å². The van der Waals surface area contributed by atoms with E-state index in [4.69, 9.17) is 0 Å². The first-order chi connectivity index (χ1) is 6.62. The Balaban J connectivity index is 2.08. The Morgan fingerprint density at radius 3 is 2.86 bits per heavy atom.